The summed E-state index contributed by atoms with van der Waals surface area (Å²) in [7, 11) is 0. The van der Waals surface area contributed by atoms with Crippen LogP contribution in [0.5, 0.6) is 0 Å². The van der Waals surface area contributed by atoms with Gasteiger partial charge in [-0.2, -0.15) is 0 Å². The van der Waals surface area contributed by atoms with Crippen molar-refractivity contribution in [2.75, 3.05) is 6.61 Å². The van der Waals surface area contributed by atoms with Crippen LogP contribution in [0.15, 0.2) is 0 Å². The number of rotatable bonds is 1. The molecule has 1 aliphatic carbocycles. The molecule has 0 aromatic carbocycles. The molecule has 0 amide bonds. The van der Waals surface area contributed by atoms with Crippen molar-refractivity contribution in [3.63, 3.8) is 0 Å². The Morgan fingerprint density at radius 2 is 1.91 bits per heavy atom. The maximum atomic E-state index is 9.56. The van der Waals surface area contributed by atoms with Crippen LogP contribution in [0.1, 0.15) is 12.8 Å². The second kappa shape index (κ2) is 2.71. The molecule has 0 aromatic rings. The summed E-state index contributed by atoms with van der Waals surface area (Å²) in [5, 5.41) is 36.8. The van der Waals surface area contributed by atoms with Crippen LogP contribution in [0.25, 0.3) is 0 Å². The van der Waals surface area contributed by atoms with Crippen molar-refractivity contribution in [1.82, 2.24) is 0 Å². The third-order valence-electron chi connectivity index (χ3n) is 2.35. The molecule has 0 radical (unpaired) electrons. The fourth-order valence-corrected chi connectivity index (χ4v) is 2.48. The molecule has 1 fully saturated rings. The van der Waals surface area contributed by atoms with E-state index in [2.05, 4.69) is 0 Å². The topological polar surface area (TPSA) is 80.9 Å². The molecule has 0 aromatic heterocycles. The first-order valence-electron chi connectivity index (χ1n) is 3.47. The molecule has 0 saturated heterocycles. The molecular weight excluding hydrogens is 211 g/mol. The molecular formula is C6H13AsO4. The molecule has 3 unspecified atom stereocenters. The monoisotopic (exact) mass is 224 g/mol. The number of hydrogen-bond acceptors (Lipinski definition) is 4. The third-order valence-corrected chi connectivity index (χ3v) is 4.21. The van der Waals surface area contributed by atoms with E-state index in [1.807, 2.05) is 0 Å². The number of aliphatic hydroxyl groups excluding tert-OH is 1. The Labute approximate surface area is 73.4 Å². The van der Waals surface area contributed by atoms with Gasteiger partial charge < -0.3 is 0 Å². The van der Waals surface area contributed by atoms with Gasteiger partial charge in [0.05, 0.1) is 0 Å². The summed E-state index contributed by atoms with van der Waals surface area (Å²) in [5.74, 6) is -2.11. The molecule has 0 aliphatic heterocycles. The Hall–Kier alpha value is 0.398. The Balaban J connectivity index is 2.88. The second-order valence-corrected chi connectivity index (χ2v) is 4.73. The van der Waals surface area contributed by atoms with E-state index in [1.165, 1.54) is 16.9 Å². The summed E-state index contributed by atoms with van der Waals surface area (Å²) >= 11 is 1.22. The predicted octanol–water partition coefficient (Wildman–Crippen LogP) is -2.39. The summed E-state index contributed by atoms with van der Waals surface area (Å²) in [6.07, 6.45) is 0.678. The average Bonchev–Trinajstić information content (AvgIpc) is 2.15. The van der Waals surface area contributed by atoms with Crippen molar-refractivity contribution < 1.29 is 20.4 Å². The van der Waals surface area contributed by atoms with E-state index >= 15 is 0 Å². The fourth-order valence-electron chi connectivity index (χ4n) is 1.35. The van der Waals surface area contributed by atoms with Gasteiger partial charge in [0.1, 0.15) is 0 Å². The Morgan fingerprint density at radius 1 is 1.36 bits per heavy atom. The van der Waals surface area contributed by atoms with Crippen LogP contribution in [-0.2, 0) is 0 Å². The minimum absolute atomic E-state index is 0.132. The molecule has 0 spiro atoms. The van der Waals surface area contributed by atoms with Gasteiger partial charge >= 0.3 is 72.8 Å². The molecule has 1 aliphatic rings. The molecule has 4 N–H and O–H groups in total. The van der Waals surface area contributed by atoms with Crippen molar-refractivity contribution in [3.05, 3.63) is 0 Å². The Bertz CT molecular complexity index is 161. The van der Waals surface area contributed by atoms with Crippen molar-refractivity contribution in [1.29, 1.82) is 0 Å². The van der Waals surface area contributed by atoms with Crippen LogP contribution in [0.4, 0.5) is 0 Å². The normalized spacial score (nSPS) is 42.8. The van der Waals surface area contributed by atoms with Crippen molar-refractivity contribution >= 4 is 16.9 Å². The van der Waals surface area contributed by atoms with E-state index in [-0.39, 0.29) is 11.1 Å². The first-order chi connectivity index (χ1) is 4.94. The van der Waals surface area contributed by atoms with Crippen molar-refractivity contribution in [2.45, 2.75) is 28.9 Å². The van der Waals surface area contributed by atoms with Crippen LogP contribution in [-0.4, -0.2) is 55.3 Å². The minimum atomic E-state index is -2.11. The van der Waals surface area contributed by atoms with Crippen LogP contribution in [0, 0.1) is 0 Å². The average molecular weight is 224 g/mol. The summed E-state index contributed by atoms with van der Waals surface area (Å²) in [6, 6.07) is 0. The molecule has 1 saturated carbocycles. The summed E-state index contributed by atoms with van der Waals surface area (Å²) < 4.78 is -0.213. The summed E-state index contributed by atoms with van der Waals surface area (Å²) in [4.78, 5) is 0. The Kier molecular flexibility index (Phi) is 2.34. The molecule has 0 heterocycles. The number of hydrogen-bond donors (Lipinski definition) is 4. The fraction of sp³-hybridized carbons (Fsp3) is 1.00. The number of aliphatic hydroxyl groups is 4. The van der Waals surface area contributed by atoms with E-state index in [1.54, 1.807) is 0 Å². The van der Waals surface area contributed by atoms with E-state index in [9.17, 15) is 15.3 Å². The molecule has 66 valence electrons. The van der Waals surface area contributed by atoms with Gasteiger partial charge in [0.25, 0.3) is 0 Å². The zero-order valence-corrected chi connectivity index (χ0v) is 8.49. The van der Waals surface area contributed by atoms with E-state index in [4.69, 9.17) is 5.11 Å². The zero-order valence-electron chi connectivity index (χ0n) is 6.06. The van der Waals surface area contributed by atoms with Gasteiger partial charge in [0, 0.05) is 0 Å². The third kappa shape index (κ3) is 1.23. The standard InChI is InChI=1S/C6H13AsO4/c7-4-1-2-6(10,11)5(4,9)3-8/h4,8-11H,1-3,7H2. The molecule has 4 nitrogen and oxygen atoms in total. The Morgan fingerprint density at radius 3 is 2.09 bits per heavy atom. The zero-order chi connectivity index (χ0) is 8.70. The molecule has 3 atom stereocenters. The SMILES string of the molecule is OCC1(O)C([AsH2])CCC1(O)O. The van der Waals surface area contributed by atoms with Gasteiger partial charge in [0.2, 0.25) is 0 Å². The second-order valence-electron chi connectivity index (χ2n) is 3.04. The summed E-state index contributed by atoms with van der Waals surface area (Å²) in [6.45, 7) is -0.594. The summed E-state index contributed by atoms with van der Waals surface area (Å²) in [5.41, 5.74) is -1.72. The maximum absolute atomic E-state index is 9.56. The first-order valence-corrected chi connectivity index (χ1v) is 4.87. The van der Waals surface area contributed by atoms with Gasteiger partial charge in [-0.15, -0.1) is 0 Å². The first kappa shape index (κ1) is 9.49. The van der Waals surface area contributed by atoms with E-state index < -0.39 is 18.0 Å². The van der Waals surface area contributed by atoms with Crippen LogP contribution < -0.4 is 0 Å². The van der Waals surface area contributed by atoms with Gasteiger partial charge in [-0.3, -0.25) is 0 Å². The molecule has 0 bridgehead atoms. The van der Waals surface area contributed by atoms with Crippen LogP contribution in [0.3, 0.4) is 0 Å². The van der Waals surface area contributed by atoms with Crippen molar-refractivity contribution in [2.24, 2.45) is 0 Å². The van der Waals surface area contributed by atoms with Crippen LogP contribution >= 0.6 is 0 Å². The molecule has 5 heteroatoms. The van der Waals surface area contributed by atoms with Gasteiger partial charge in [0.15, 0.2) is 0 Å². The van der Waals surface area contributed by atoms with Gasteiger partial charge in [-0.1, -0.05) is 0 Å². The van der Waals surface area contributed by atoms with Crippen molar-refractivity contribution in [3.8, 4) is 0 Å². The quantitative estimate of drug-likeness (QED) is 0.296. The van der Waals surface area contributed by atoms with Gasteiger partial charge in [-0.05, 0) is 0 Å². The van der Waals surface area contributed by atoms with E-state index in [0.29, 0.717) is 6.42 Å². The van der Waals surface area contributed by atoms with Gasteiger partial charge in [-0.25, -0.2) is 0 Å². The predicted molar refractivity (Wildman–Crippen MR) is 40.7 cm³/mol. The molecule has 11 heavy (non-hydrogen) atoms. The molecule has 1 rings (SSSR count). The van der Waals surface area contributed by atoms with Crippen LogP contribution in [0.2, 0.25) is 4.71 Å². The van der Waals surface area contributed by atoms with E-state index in [0.717, 1.165) is 0 Å².